The number of unbranched alkanes of at least 4 members (excludes halogenated alkanes) is 1. The molecule has 3 aromatic rings. The minimum absolute atomic E-state index is 0.143. The number of carbonyl (C=O) groups is 1. The average Bonchev–Trinajstić information content (AvgIpc) is 3.36. The van der Waals surface area contributed by atoms with Crippen molar-refractivity contribution in [2.75, 3.05) is 11.9 Å². The molecular weight excluding hydrogens is 362 g/mol. The number of nitrogens with one attached hydrogen (secondary N) is 1. The summed E-state index contributed by atoms with van der Waals surface area (Å²) in [6.45, 7) is 2.85. The normalized spacial score (nSPS) is 19.3. The molecule has 1 N–H and O–H groups in total. The number of ether oxygens (including phenoxy) is 1. The molecular formula is C24H25N3O2. The first-order valence-corrected chi connectivity index (χ1v) is 10.6. The third kappa shape index (κ3) is 3.46. The van der Waals surface area contributed by atoms with E-state index in [0.29, 0.717) is 24.0 Å². The van der Waals surface area contributed by atoms with Gasteiger partial charge in [0.1, 0.15) is 5.75 Å². The highest BCUT2D eigenvalue weighted by Gasteiger charge is 2.39. The Kier molecular flexibility index (Phi) is 4.66. The molecule has 5 rings (SSSR count). The number of anilines is 1. The van der Waals surface area contributed by atoms with Crippen molar-refractivity contribution in [1.29, 1.82) is 0 Å². The molecule has 1 heterocycles. The van der Waals surface area contributed by atoms with Crippen molar-refractivity contribution < 1.29 is 9.53 Å². The first-order valence-electron chi connectivity index (χ1n) is 10.6. The summed E-state index contributed by atoms with van der Waals surface area (Å²) in [6.07, 6.45) is 5.79. The Morgan fingerprint density at radius 2 is 1.76 bits per heavy atom. The van der Waals surface area contributed by atoms with Crippen LogP contribution in [0.3, 0.4) is 0 Å². The van der Waals surface area contributed by atoms with Gasteiger partial charge in [-0.25, -0.2) is 9.97 Å². The number of nitrogens with zero attached hydrogens (tertiary/aromatic N) is 2. The Hall–Kier alpha value is -2.95. The predicted octanol–water partition coefficient (Wildman–Crippen LogP) is 5.43. The lowest BCUT2D eigenvalue weighted by Gasteiger charge is -2.14. The molecule has 148 valence electrons. The third-order valence-electron chi connectivity index (χ3n) is 6.07. The Labute approximate surface area is 170 Å². The van der Waals surface area contributed by atoms with E-state index in [0.717, 1.165) is 41.0 Å². The lowest BCUT2D eigenvalue weighted by atomic mass is 10.00. The van der Waals surface area contributed by atoms with Crippen molar-refractivity contribution in [3.8, 4) is 5.75 Å². The van der Waals surface area contributed by atoms with Gasteiger partial charge in [0, 0.05) is 23.1 Å². The Morgan fingerprint density at radius 1 is 1.03 bits per heavy atom. The van der Waals surface area contributed by atoms with E-state index in [2.05, 4.69) is 12.2 Å². The molecule has 2 aromatic carbocycles. The summed E-state index contributed by atoms with van der Waals surface area (Å²) in [5.41, 5.74) is 5.37. The summed E-state index contributed by atoms with van der Waals surface area (Å²) in [4.78, 5) is 22.5. The van der Waals surface area contributed by atoms with Gasteiger partial charge in [-0.15, -0.1) is 0 Å². The van der Waals surface area contributed by atoms with E-state index < -0.39 is 0 Å². The van der Waals surface area contributed by atoms with E-state index >= 15 is 0 Å². The molecule has 2 bridgehead atoms. The minimum Gasteiger partial charge on any atom is -0.494 e. The van der Waals surface area contributed by atoms with Crippen LogP contribution in [0.1, 0.15) is 72.6 Å². The summed E-state index contributed by atoms with van der Waals surface area (Å²) >= 11 is 0. The van der Waals surface area contributed by atoms with Gasteiger partial charge < -0.3 is 10.1 Å². The minimum atomic E-state index is -0.143. The van der Waals surface area contributed by atoms with Gasteiger partial charge in [-0.05, 0) is 68.1 Å². The molecule has 0 aliphatic heterocycles. The van der Waals surface area contributed by atoms with Gasteiger partial charge in [-0.1, -0.05) is 13.3 Å². The van der Waals surface area contributed by atoms with Crippen LogP contribution in [0.25, 0.3) is 11.0 Å². The number of carbonyl (C=O) groups excluding carboxylic acids is 1. The maximum atomic E-state index is 12.7. The number of rotatable bonds is 6. The second-order valence-corrected chi connectivity index (χ2v) is 8.08. The molecule has 2 atom stereocenters. The number of hydrogen-bond acceptors (Lipinski definition) is 4. The van der Waals surface area contributed by atoms with Crippen LogP contribution in [0.2, 0.25) is 0 Å². The largest absolute Gasteiger partial charge is 0.494 e. The van der Waals surface area contributed by atoms with Crippen LogP contribution in [0.4, 0.5) is 5.69 Å². The van der Waals surface area contributed by atoms with Crippen LogP contribution in [-0.4, -0.2) is 22.5 Å². The quantitative estimate of drug-likeness (QED) is 0.573. The second-order valence-electron chi connectivity index (χ2n) is 8.08. The number of benzene rings is 2. The topological polar surface area (TPSA) is 64.1 Å². The zero-order valence-corrected chi connectivity index (χ0v) is 16.6. The van der Waals surface area contributed by atoms with Gasteiger partial charge in [-0.2, -0.15) is 0 Å². The standard InChI is InChI=1S/C24H25N3O2/c1-2-3-12-29-19-9-7-18(8-10-19)25-24(28)17-6-11-20-21(14-17)27-23-16-5-4-15(13-16)22(23)26-20/h6-11,14-16H,2-5,12-13H2,1H3,(H,25,28). The van der Waals surface area contributed by atoms with E-state index in [4.69, 9.17) is 14.7 Å². The van der Waals surface area contributed by atoms with Gasteiger partial charge >= 0.3 is 0 Å². The van der Waals surface area contributed by atoms with Gasteiger partial charge in [0.15, 0.2) is 0 Å². The monoisotopic (exact) mass is 387 g/mol. The Balaban J connectivity index is 1.32. The van der Waals surface area contributed by atoms with Gasteiger partial charge in [-0.3, -0.25) is 4.79 Å². The lowest BCUT2D eigenvalue weighted by molar-refractivity contribution is 0.102. The molecule has 2 unspecified atom stereocenters. The molecule has 2 aliphatic carbocycles. The smallest absolute Gasteiger partial charge is 0.255 e. The maximum Gasteiger partial charge on any atom is 0.255 e. The number of amides is 1. The zero-order valence-electron chi connectivity index (χ0n) is 16.6. The summed E-state index contributed by atoms with van der Waals surface area (Å²) < 4.78 is 5.67. The fourth-order valence-electron chi connectivity index (χ4n) is 4.47. The van der Waals surface area contributed by atoms with Crippen LogP contribution in [-0.2, 0) is 0 Å². The fraction of sp³-hybridized carbons (Fsp3) is 0.375. The van der Waals surface area contributed by atoms with Crippen molar-refractivity contribution in [1.82, 2.24) is 9.97 Å². The van der Waals surface area contributed by atoms with E-state index in [1.165, 1.54) is 25.0 Å². The summed E-state index contributed by atoms with van der Waals surface area (Å²) in [7, 11) is 0. The van der Waals surface area contributed by atoms with Crippen molar-refractivity contribution in [2.24, 2.45) is 0 Å². The Morgan fingerprint density at radius 3 is 2.48 bits per heavy atom. The molecule has 0 radical (unpaired) electrons. The molecule has 0 spiro atoms. The first-order chi connectivity index (χ1) is 14.2. The van der Waals surface area contributed by atoms with Crippen molar-refractivity contribution in [2.45, 2.75) is 50.9 Å². The number of fused-ring (bicyclic) bond motifs is 6. The van der Waals surface area contributed by atoms with Gasteiger partial charge in [0.25, 0.3) is 5.91 Å². The lowest BCUT2D eigenvalue weighted by Crippen LogP contribution is -2.12. The van der Waals surface area contributed by atoms with Gasteiger partial charge in [0.05, 0.1) is 29.0 Å². The molecule has 1 aromatic heterocycles. The van der Waals surface area contributed by atoms with Crippen molar-refractivity contribution >= 4 is 22.6 Å². The molecule has 1 fully saturated rings. The molecule has 29 heavy (non-hydrogen) atoms. The van der Waals surface area contributed by atoms with Gasteiger partial charge in [0.2, 0.25) is 0 Å². The van der Waals surface area contributed by atoms with E-state index in [-0.39, 0.29) is 5.91 Å². The molecule has 5 heteroatoms. The first kappa shape index (κ1) is 18.1. The van der Waals surface area contributed by atoms with E-state index in [1.807, 2.05) is 42.5 Å². The van der Waals surface area contributed by atoms with Crippen molar-refractivity contribution in [3.05, 3.63) is 59.4 Å². The molecule has 2 aliphatic rings. The summed E-state index contributed by atoms with van der Waals surface area (Å²) in [5.74, 6) is 1.82. The molecule has 0 saturated heterocycles. The highest BCUT2D eigenvalue weighted by Crippen LogP contribution is 2.51. The average molecular weight is 387 g/mol. The molecule has 1 amide bonds. The maximum absolute atomic E-state index is 12.7. The van der Waals surface area contributed by atoms with Crippen LogP contribution in [0.15, 0.2) is 42.5 Å². The SMILES string of the molecule is CCCCOc1ccc(NC(=O)c2ccc3nc4c(nc3c2)C2CCC4C2)cc1. The van der Waals surface area contributed by atoms with Crippen LogP contribution >= 0.6 is 0 Å². The Bertz CT molecular complexity index is 1060. The summed E-state index contributed by atoms with van der Waals surface area (Å²) in [5, 5.41) is 2.95. The fourth-order valence-corrected chi connectivity index (χ4v) is 4.47. The molecule has 1 saturated carbocycles. The highest BCUT2D eigenvalue weighted by molar-refractivity contribution is 6.05. The van der Waals surface area contributed by atoms with E-state index in [1.54, 1.807) is 0 Å². The summed E-state index contributed by atoms with van der Waals surface area (Å²) in [6, 6.07) is 13.1. The number of aromatic nitrogens is 2. The predicted molar refractivity (Wildman–Crippen MR) is 114 cm³/mol. The van der Waals surface area contributed by atoms with Crippen LogP contribution in [0, 0.1) is 0 Å². The third-order valence-corrected chi connectivity index (χ3v) is 6.07. The van der Waals surface area contributed by atoms with Crippen LogP contribution in [0.5, 0.6) is 5.75 Å². The number of hydrogen-bond donors (Lipinski definition) is 1. The molecule has 5 nitrogen and oxygen atoms in total. The van der Waals surface area contributed by atoms with E-state index in [9.17, 15) is 4.79 Å². The highest BCUT2D eigenvalue weighted by atomic mass is 16.5. The van der Waals surface area contributed by atoms with Crippen molar-refractivity contribution in [3.63, 3.8) is 0 Å². The second kappa shape index (κ2) is 7.47. The van der Waals surface area contributed by atoms with Crippen LogP contribution < -0.4 is 10.1 Å². The zero-order chi connectivity index (χ0) is 19.8.